The van der Waals surface area contributed by atoms with Crippen molar-refractivity contribution in [2.24, 2.45) is 5.73 Å². The van der Waals surface area contributed by atoms with Crippen LogP contribution in [-0.4, -0.2) is 38.5 Å². The molecule has 0 bridgehead atoms. The van der Waals surface area contributed by atoms with Gasteiger partial charge < -0.3 is 21.3 Å². The van der Waals surface area contributed by atoms with E-state index >= 15 is 0 Å². The topological polar surface area (TPSA) is 129 Å². The maximum absolute atomic E-state index is 12.6. The second-order valence-corrected chi connectivity index (χ2v) is 10.3. The highest BCUT2D eigenvalue weighted by molar-refractivity contribution is 6.05. The number of carbonyl (C=O) groups is 1. The molecule has 1 amide bonds. The smallest absolute Gasteiger partial charge is 0.254 e. The normalized spacial score (nSPS) is 21.4. The molecule has 0 saturated heterocycles. The van der Waals surface area contributed by atoms with Crippen molar-refractivity contribution in [3.63, 3.8) is 0 Å². The van der Waals surface area contributed by atoms with Crippen molar-refractivity contribution in [1.29, 1.82) is 0 Å². The summed E-state index contributed by atoms with van der Waals surface area (Å²) < 4.78 is 7.43. The molecule has 0 atom stereocenters. The van der Waals surface area contributed by atoms with E-state index in [2.05, 4.69) is 6.07 Å². The Balaban J connectivity index is 1.57. The van der Waals surface area contributed by atoms with E-state index in [0.717, 1.165) is 51.9 Å². The predicted octanol–water partition coefficient (Wildman–Crippen LogP) is 4.42. The molecule has 2 aliphatic rings. The van der Waals surface area contributed by atoms with Crippen LogP contribution in [0.15, 0.2) is 48.5 Å². The number of ether oxygens (including phenoxy) is 1. The van der Waals surface area contributed by atoms with Gasteiger partial charge in [0.25, 0.3) is 5.91 Å². The van der Waals surface area contributed by atoms with Crippen LogP contribution in [0.2, 0.25) is 0 Å². The average Bonchev–Trinajstić information content (AvgIpc) is 3.63. The van der Waals surface area contributed by atoms with Crippen molar-refractivity contribution in [3.05, 3.63) is 59.7 Å². The van der Waals surface area contributed by atoms with E-state index in [4.69, 9.17) is 26.3 Å². The second kappa shape index (κ2) is 8.06. The number of benzene rings is 2. The van der Waals surface area contributed by atoms with Crippen LogP contribution >= 0.6 is 0 Å². The third kappa shape index (κ3) is 3.69. The maximum atomic E-state index is 12.6. The molecular weight excluding hydrogens is 454 g/mol. The molecule has 36 heavy (non-hydrogen) atoms. The molecule has 0 radical (unpaired) electrons. The summed E-state index contributed by atoms with van der Waals surface area (Å²) in [5, 5.41) is 16.0. The Morgan fingerprint density at radius 1 is 1.17 bits per heavy atom. The minimum atomic E-state index is -0.757. The lowest BCUT2D eigenvalue weighted by atomic mass is 9.77. The van der Waals surface area contributed by atoms with Gasteiger partial charge in [0, 0.05) is 22.6 Å². The summed E-state index contributed by atoms with van der Waals surface area (Å²) in [4.78, 5) is 17.5. The van der Waals surface area contributed by atoms with E-state index < -0.39 is 11.5 Å². The van der Waals surface area contributed by atoms with Crippen LogP contribution in [0.1, 0.15) is 60.5 Å². The number of anilines is 1. The van der Waals surface area contributed by atoms with Crippen molar-refractivity contribution in [2.75, 3.05) is 12.8 Å². The first kappa shape index (κ1) is 22.5. The highest BCUT2D eigenvalue weighted by atomic mass is 16.5. The average molecular weight is 484 g/mol. The number of nitrogens with two attached hydrogens (primary N) is 2. The number of amides is 1. The van der Waals surface area contributed by atoms with Crippen molar-refractivity contribution < 1.29 is 14.6 Å². The zero-order valence-electron chi connectivity index (χ0n) is 20.4. The second-order valence-electron chi connectivity index (χ2n) is 10.3. The number of methoxy groups -OCH3 is 1. The molecule has 5 N–H and O–H groups in total. The highest BCUT2D eigenvalue weighted by Gasteiger charge is 2.42. The first-order valence-electron chi connectivity index (χ1n) is 12.2. The molecule has 2 aromatic carbocycles. The van der Waals surface area contributed by atoms with E-state index in [1.54, 1.807) is 18.7 Å². The van der Waals surface area contributed by atoms with Gasteiger partial charge in [0.05, 0.1) is 30.0 Å². The monoisotopic (exact) mass is 483 g/mol. The number of aliphatic hydroxyl groups is 1. The van der Waals surface area contributed by atoms with Gasteiger partial charge in [-0.05, 0) is 56.2 Å². The van der Waals surface area contributed by atoms with Crippen molar-refractivity contribution >= 4 is 22.6 Å². The summed E-state index contributed by atoms with van der Waals surface area (Å²) in [7, 11) is 1.66. The quantitative estimate of drug-likeness (QED) is 0.372. The van der Waals surface area contributed by atoms with E-state index in [-0.39, 0.29) is 17.4 Å². The fraction of sp³-hybridized carbons (Fsp3) is 0.321. The van der Waals surface area contributed by atoms with Gasteiger partial charge in [0.1, 0.15) is 22.8 Å². The zero-order valence-corrected chi connectivity index (χ0v) is 20.4. The first-order valence-corrected chi connectivity index (χ1v) is 12.2. The number of nitrogens with zero attached hydrogens (tertiary/aromatic N) is 3. The van der Waals surface area contributed by atoms with Crippen LogP contribution in [-0.2, 0) is 0 Å². The Kier molecular flexibility index (Phi) is 5.05. The van der Waals surface area contributed by atoms with Gasteiger partial charge in [-0.15, -0.1) is 0 Å². The first-order chi connectivity index (χ1) is 17.3. The molecule has 0 spiro atoms. The summed E-state index contributed by atoms with van der Waals surface area (Å²) in [5.74, 6) is 0.720. The largest absolute Gasteiger partial charge is 0.496 e. The van der Waals surface area contributed by atoms with E-state index in [9.17, 15) is 9.90 Å². The summed E-state index contributed by atoms with van der Waals surface area (Å²) in [6.07, 6.45) is 3.15. The molecule has 8 nitrogen and oxygen atoms in total. The van der Waals surface area contributed by atoms with E-state index in [1.807, 2.05) is 42.5 Å². The number of rotatable bonds is 6. The van der Waals surface area contributed by atoms with Crippen molar-refractivity contribution in [3.8, 4) is 28.3 Å². The number of hydrogen-bond donors (Lipinski definition) is 3. The lowest BCUT2D eigenvalue weighted by Crippen LogP contribution is -2.42. The number of aromatic nitrogens is 3. The Hall–Kier alpha value is -3.91. The summed E-state index contributed by atoms with van der Waals surface area (Å²) in [6.45, 7) is 1.79. The number of pyridine rings is 1. The molecule has 2 heterocycles. The van der Waals surface area contributed by atoms with Gasteiger partial charge in [-0.3, -0.25) is 4.79 Å². The van der Waals surface area contributed by atoms with Crippen molar-refractivity contribution in [2.45, 2.75) is 50.2 Å². The number of primary amides is 1. The van der Waals surface area contributed by atoms with Gasteiger partial charge in [-0.1, -0.05) is 30.3 Å². The van der Waals surface area contributed by atoms with Gasteiger partial charge in [-0.2, -0.15) is 5.10 Å². The molecule has 2 saturated carbocycles. The van der Waals surface area contributed by atoms with Crippen LogP contribution in [0.5, 0.6) is 5.75 Å². The van der Waals surface area contributed by atoms with Gasteiger partial charge >= 0.3 is 0 Å². The molecule has 2 fully saturated rings. The predicted molar refractivity (Wildman–Crippen MR) is 139 cm³/mol. The summed E-state index contributed by atoms with van der Waals surface area (Å²) in [6, 6.07) is 15.9. The van der Waals surface area contributed by atoms with E-state index in [1.165, 1.54) is 0 Å². The molecule has 2 aliphatic carbocycles. The minimum Gasteiger partial charge on any atom is -0.496 e. The standard InChI is InChI=1S/C28H29N5O3/c1-28(35)13-17(14-28)33-26(29)24(27(30)34)25(32-33)19-11-22-20(10-18(19)15-8-9-15)23(36-2)12-21(31-22)16-6-4-3-5-7-16/h3-7,10-12,15,17,35H,8-9,13-14,29H2,1-2H3,(H2,30,34)/t17-,28-. The van der Waals surface area contributed by atoms with Crippen LogP contribution in [0, 0.1) is 0 Å². The number of carbonyl (C=O) groups excluding carboxylic acids is 1. The number of hydrogen-bond acceptors (Lipinski definition) is 6. The molecule has 0 aliphatic heterocycles. The molecule has 4 aromatic rings. The van der Waals surface area contributed by atoms with Gasteiger partial charge in [0.2, 0.25) is 0 Å². The fourth-order valence-corrected chi connectivity index (χ4v) is 5.41. The molecule has 184 valence electrons. The maximum Gasteiger partial charge on any atom is 0.254 e. The van der Waals surface area contributed by atoms with Crippen molar-refractivity contribution in [1.82, 2.24) is 14.8 Å². The van der Waals surface area contributed by atoms with Crippen LogP contribution in [0.3, 0.4) is 0 Å². The minimum absolute atomic E-state index is 0.0837. The zero-order chi connectivity index (χ0) is 25.2. The summed E-state index contributed by atoms with van der Waals surface area (Å²) in [5.41, 5.74) is 16.6. The lowest BCUT2D eigenvalue weighted by Gasteiger charge is -2.41. The Labute approximate surface area is 208 Å². The molecular formula is C28H29N5O3. The van der Waals surface area contributed by atoms with Gasteiger partial charge in [0.15, 0.2) is 0 Å². The molecule has 6 rings (SSSR count). The lowest BCUT2D eigenvalue weighted by molar-refractivity contribution is -0.0535. The third-order valence-corrected chi connectivity index (χ3v) is 7.39. The van der Waals surface area contributed by atoms with Crippen LogP contribution in [0.25, 0.3) is 33.4 Å². The number of nitrogen functional groups attached to an aromatic ring is 1. The Morgan fingerprint density at radius 2 is 1.89 bits per heavy atom. The third-order valence-electron chi connectivity index (χ3n) is 7.39. The van der Waals surface area contributed by atoms with E-state index in [0.29, 0.717) is 24.5 Å². The molecule has 0 unspecified atom stereocenters. The molecule has 2 aromatic heterocycles. The summed E-state index contributed by atoms with van der Waals surface area (Å²) >= 11 is 0. The van der Waals surface area contributed by atoms with Gasteiger partial charge in [-0.25, -0.2) is 9.67 Å². The SMILES string of the molecule is COc1cc(-c2ccccc2)nc2cc(-c3nn([C@H]4C[C@](C)(O)C4)c(N)c3C(N)=O)c(C3CC3)cc12. The van der Waals surface area contributed by atoms with Crippen LogP contribution < -0.4 is 16.2 Å². The molecule has 8 heteroatoms. The van der Waals surface area contributed by atoms with Crippen LogP contribution in [0.4, 0.5) is 5.82 Å². The number of fused-ring (bicyclic) bond motifs is 1. The highest BCUT2D eigenvalue weighted by Crippen LogP contribution is 2.49. The Morgan fingerprint density at radius 3 is 2.50 bits per heavy atom. The fourth-order valence-electron chi connectivity index (χ4n) is 5.41. The Bertz CT molecular complexity index is 1500.